The van der Waals surface area contributed by atoms with E-state index >= 15 is 0 Å². The lowest BCUT2D eigenvalue weighted by atomic mass is 10.0. The Kier molecular flexibility index (Phi) is 4.77. The summed E-state index contributed by atoms with van der Waals surface area (Å²) in [6, 6.07) is 1.74. The third-order valence-corrected chi connectivity index (χ3v) is 5.77. The molecule has 0 aliphatic heterocycles. The summed E-state index contributed by atoms with van der Waals surface area (Å²) in [7, 11) is 1.82. The molecule has 1 atom stereocenters. The number of ketones is 2. The summed E-state index contributed by atoms with van der Waals surface area (Å²) in [5.74, 6) is -1.03. The number of rotatable bonds is 5. The van der Waals surface area contributed by atoms with Gasteiger partial charge in [-0.05, 0) is 46.2 Å². The number of nitrogens with zero attached hydrogens (tertiary/aromatic N) is 2. The fourth-order valence-electron chi connectivity index (χ4n) is 3.31. The molecule has 0 spiro atoms. The Morgan fingerprint density at radius 1 is 1.26 bits per heavy atom. The maximum absolute atomic E-state index is 12.7. The van der Waals surface area contributed by atoms with Gasteiger partial charge in [0.25, 0.3) is 0 Å². The smallest absolute Gasteiger partial charge is 0.349 e. The summed E-state index contributed by atoms with van der Waals surface area (Å²) in [6.45, 7) is 8.32. The minimum absolute atomic E-state index is 0.112. The van der Waals surface area contributed by atoms with Crippen molar-refractivity contribution >= 4 is 39.1 Å². The molecule has 3 aromatic rings. The van der Waals surface area contributed by atoms with E-state index in [1.54, 1.807) is 24.6 Å². The van der Waals surface area contributed by atoms with Crippen molar-refractivity contribution in [1.82, 2.24) is 14.8 Å². The molecule has 0 saturated heterocycles. The summed E-state index contributed by atoms with van der Waals surface area (Å²) in [5, 5.41) is 5.20. The van der Waals surface area contributed by atoms with Crippen LogP contribution in [0.25, 0.3) is 10.2 Å². The number of aromatic amines is 1. The van der Waals surface area contributed by atoms with Crippen molar-refractivity contribution in [2.24, 2.45) is 7.05 Å². The Labute approximate surface area is 160 Å². The maximum Gasteiger partial charge on any atom is 0.349 e. The van der Waals surface area contributed by atoms with E-state index < -0.39 is 12.1 Å². The number of thiophene rings is 1. The first kappa shape index (κ1) is 19.0. The van der Waals surface area contributed by atoms with Crippen LogP contribution in [0.3, 0.4) is 0 Å². The molecule has 0 aliphatic carbocycles. The summed E-state index contributed by atoms with van der Waals surface area (Å²) in [4.78, 5) is 41.2. The normalized spacial score (nSPS) is 12.4. The molecule has 0 radical (unpaired) electrons. The average Bonchev–Trinajstić information content (AvgIpc) is 3.22. The average molecular weight is 387 g/mol. The fraction of sp³-hybridized carbons (Fsp3) is 0.368. The monoisotopic (exact) mass is 387 g/mol. The second-order valence-electron chi connectivity index (χ2n) is 6.63. The number of hydrogen-bond donors (Lipinski definition) is 1. The van der Waals surface area contributed by atoms with Crippen LogP contribution in [0, 0.1) is 20.8 Å². The van der Waals surface area contributed by atoms with E-state index in [1.807, 2.05) is 14.0 Å². The second kappa shape index (κ2) is 6.77. The number of aromatic nitrogens is 3. The molecular formula is C19H21N3O4S. The first-order valence-corrected chi connectivity index (χ1v) is 9.31. The summed E-state index contributed by atoms with van der Waals surface area (Å²) >= 11 is 1.28. The van der Waals surface area contributed by atoms with Gasteiger partial charge in [0.15, 0.2) is 11.9 Å². The van der Waals surface area contributed by atoms with Crippen LogP contribution in [0.2, 0.25) is 0 Å². The van der Waals surface area contributed by atoms with Gasteiger partial charge >= 0.3 is 5.97 Å². The predicted molar refractivity (Wildman–Crippen MR) is 103 cm³/mol. The van der Waals surface area contributed by atoms with Crippen molar-refractivity contribution in [3.05, 3.63) is 39.2 Å². The topological polar surface area (TPSA) is 94.0 Å². The zero-order chi connectivity index (χ0) is 20.0. The number of H-pyrrole nitrogens is 1. The summed E-state index contributed by atoms with van der Waals surface area (Å²) in [5.41, 5.74) is 2.85. The molecule has 3 aromatic heterocycles. The molecule has 1 N–H and O–H groups in total. The third-order valence-electron chi connectivity index (χ3n) is 4.59. The van der Waals surface area contributed by atoms with Crippen molar-refractivity contribution < 1.29 is 19.1 Å². The number of Topliss-reactive ketones (excluding diaryl/α,β-unsaturated/α-hetero) is 2. The predicted octanol–water partition coefficient (Wildman–Crippen LogP) is 3.52. The van der Waals surface area contributed by atoms with Crippen molar-refractivity contribution in [3.8, 4) is 0 Å². The quantitative estimate of drug-likeness (QED) is 0.534. The molecule has 8 heteroatoms. The second-order valence-corrected chi connectivity index (χ2v) is 7.66. The number of aryl methyl sites for hydroxylation is 3. The van der Waals surface area contributed by atoms with E-state index in [0.29, 0.717) is 27.4 Å². The van der Waals surface area contributed by atoms with Crippen molar-refractivity contribution in [3.63, 3.8) is 0 Å². The molecular weight excluding hydrogens is 366 g/mol. The molecule has 3 heterocycles. The zero-order valence-corrected chi connectivity index (χ0v) is 16.9. The SMILES string of the molecule is CC(=O)c1c(C)[nH]c(C(=O)[C@@H](C)OC(=O)c2cc3c(C)nn(C)c3s2)c1C. The van der Waals surface area contributed by atoms with Crippen LogP contribution in [-0.4, -0.2) is 38.4 Å². The first-order chi connectivity index (χ1) is 12.6. The number of nitrogens with one attached hydrogen (secondary N) is 1. The van der Waals surface area contributed by atoms with Gasteiger partial charge in [0.05, 0.1) is 11.4 Å². The Morgan fingerprint density at radius 3 is 2.48 bits per heavy atom. The van der Waals surface area contributed by atoms with Gasteiger partial charge in [-0.2, -0.15) is 5.10 Å². The van der Waals surface area contributed by atoms with Crippen molar-refractivity contribution in [1.29, 1.82) is 0 Å². The van der Waals surface area contributed by atoms with Crippen molar-refractivity contribution in [2.45, 2.75) is 40.7 Å². The van der Waals surface area contributed by atoms with Crippen LogP contribution in [0.15, 0.2) is 6.07 Å². The molecule has 142 valence electrons. The molecule has 27 heavy (non-hydrogen) atoms. The Morgan fingerprint density at radius 2 is 1.93 bits per heavy atom. The van der Waals surface area contributed by atoms with Gasteiger partial charge in [-0.1, -0.05) is 0 Å². The van der Waals surface area contributed by atoms with Gasteiger partial charge in [0.2, 0.25) is 5.78 Å². The Hall–Kier alpha value is -2.74. The molecule has 0 unspecified atom stereocenters. The summed E-state index contributed by atoms with van der Waals surface area (Å²) < 4.78 is 7.10. The van der Waals surface area contributed by atoms with Crippen LogP contribution >= 0.6 is 11.3 Å². The van der Waals surface area contributed by atoms with E-state index in [-0.39, 0.29) is 11.6 Å². The number of carbonyl (C=O) groups excluding carboxylic acids is 3. The molecule has 0 aromatic carbocycles. The van der Waals surface area contributed by atoms with Gasteiger partial charge in [-0.15, -0.1) is 11.3 Å². The molecule has 0 bridgehead atoms. The van der Waals surface area contributed by atoms with E-state index in [0.717, 1.165) is 15.9 Å². The van der Waals surface area contributed by atoms with Gasteiger partial charge in [-0.3, -0.25) is 14.3 Å². The highest BCUT2D eigenvalue weighted by Gasteiger charge is 2.27. The lowest BCUT2D eigenvalue weighted by Gasteiger charge is -2.11. The highest BCUT2D eigenvalue weighted by atomic mass is 32.1. The lowest BCUT2D eigenvalue weighted by Crippen LogP contribution is -2.25. The van der Waals surface area contributed by atoms with Gasteiger partial charge in [0.1, 0.15) is 9.71 Å². The summed E-state index contributed by atoms with van der Waals surface area (Å²) in [6.07, 6.45) is -0.974. The third kappa shape index (κ3) is 3.21. The first-order valence-electron chi connectivity index (χ1n) is 8.50. The number of carbonyl (C=O) groups is 3. The minimum Gasteiger partial charge on any atom is -0.450 e. The number of esters is 1. The number of fused-ring (bicyclic) bond motifs is 1. The van der Waals surface area contributed by atoms with E-state index in [1.165, 1.54) is 25.2 Å². The minimum atomic E-state index is -0.974. The molecule has 0 fully saturated rings. The van der Waals surface area contributed by atoms with Gasteiger partial charge in [-0.25, -0.2) is 4.79 Å². The largest absolute Gasteiger partial charge is 0.450 e. The van der Waals surface area contributed by atoms with Crippen molar-refractivity contribution in [2.75, 3.05) is 0 Å². The molecule has 0 aliphatic rings. The van der Waals surface area contributed by atoms with E-state index in [2.05, 4.69) is 10.1 Å². The lowest BCUT2D eigenvalue weighted by molar-refractivity contribution is 0.0321. The van der Waals surface area contributed by atoms with Crippen LogP contribution in [-0.2, 0) is 11.8 Å². The van der Waals surface area contributed by atoms with Crippen LogP contribution in [0.1, 0.15) is 61.3 Å². The fourth-order valence-corrected chi connectivity index (χ4v) is 4.31. The van der Waals surface area contributed by atoms with Crippen LogP contribution in [0.5, 0.6) is 0 Å². The van der Waals surface area contributed by atoms with E-state index in [4.69, 9.17) is 4.74 Å². The Balaban J connectivity index is 1.81. The van der Waals surface area contributed by atoms with E-state index in [9.17, 15) is 14.4 Å². The number of ether oxygens (including phenoxy) is 1. The number of hydrogen-bond acceptors (Lipinski definition) is 6. The Bertz CT molecular complexity index is 1050. The van der Waals surface area contributed by atoms with Gasteiger partial charge in [0, 0.05) is 23.7 Å². The van der Waals surface area contributed by atoms with Crippen LogP contribution < -0.4 is 0 Å². The molecule has 0 saturated carbocycles. The zero-order valence-electron chi connectivity index (χ0n) is 16.1. The van der Waals surface area contributed by atoms with Gasteiger partial charge < -0.3 is 9.72 Å². The maximum atomic E-state index is 12.7. The molecule has 7 nitrogen and oxygen atoms in total. The molecule has 0 amide bonds. The van der Waals surface area contributed by atoms with Crippen LogP contribution in [0.4, 0.5) is 0 Å². The standard InChI is InChI=1S/C19H21N3O4S/c1-8-15(11(4)23)10(3)20-16(8)17(24)12(5)26-19(25)14-7-13-9(2)21-22(6)18(13)27-14/h7,12,20H,1-6H3/t12-/m1/s1. The molecule has 3 rings (SSSR count). The highest BCUT2D eigenvalue weighted by Crippen LogP contribution is 2.28. The highest BCUT2D eigenvalue weighted by molar-refractivity contribution is 7.20.